The van der Waals surface area contributed by atoms with E-state index in [9.17, 15) is 0 Å². The minimum Gasteiger partial charge on any atom is -0.339 e. The van der Waals surface area contributed by atoms with Gasteiger partial charge in [-0.3, -0.25) is 0 Å². The molecule has 1 aromatic rings. The molecule has 100 valence electrons. The van der Waals surface area contributed by atoms with Crippen molar-refractivity contribution in [3.8, 4) is 0 Å². The molecule has 0 spiro atoms. The molecule has 5 heteroatoms. The SMILES string of the molecule is CCNCc1cnc(N2CCSC(CC)C2)nc1. The highest BCUT2D eigenvalue weighted by Gasteiger charge is 2.20. The Morgan fingerprint density at radius 1 is 1.39 bits per heavy atom. The summed E-state index contributed by atoms with van der Waals surface area (Å²) >= 11 is 2.07. The molecule has 1 saturated heterocycles. The predicted molar refractivity (Wildman–Crippen MR) is 78.2 cm³/mol. The van der Waals surface area contributed by atoms with E-state index in [1.54, 1.807) is 0 Å². The highest BCUT2D eigenvalue weighted by atomic mass is 32.2. The van der Waals surface area contributed by atoms with Crippen molar-refractivity contribution in [1.82, 2.24) is 15.3 Å². The highest BCUT2D eigenvalue weighted by molar-refractivity contribution is 8.00. The summed E-state index contributed by atoms with van der Waals surface area (Å²) < 4.78 is 0. The Kier molecular flexibility index (Phi) is 5.26. The van der Waals surface area contributed by atoms with Crippen LogP contribution in [0.25, 0.3) is 0 Å². The van der Waals surface area contributed by atoms with Crippen LogP contribution in [0.4, 0.5) is 5.95 Å². The number of hydrogen-bond donors (Lipinski definition) is 1. The molecule has 4 nitrogen and oxygen atoms in total. The third-order valence-corrected chi connectivity index (χ3v) is 4.52. The first-order valence-corrected chi connectivity index (χ1v) is 7.76. The Morgan fingerprint density at radius 3 is 2.83 bits per heavy atom. The average molecular weight is 266 g/mol. The molecular formula is C13H22N4S. The lowest BCUT2D eigenvalue weighted by molar-refractivity contribution is 0.699. The van der Waals surface area contributed by atoms with E-state index in [2.05, 4.69) is 45.8 Å². The van der Waals surface area contributed by atoms with E-state index in [1.807, 2.05) is 12.4 Å². The topological polar surface area (TPSA) is 41.1 Å². The summed E-state index contributed by atoms with van der Waals surface area (Å²) in [6.07, 6.45) is 5.10. The second kappa shape index (κ2) is 6.95. The number of nitrogens with zero attached hydrogens (tertiary/aromatic N) is 3. The summed E-state index contributed by atoms with van der Waals surface area (Å²) in [5, 5.41) is 4.01. The van der Waals surface area contributed by atoms with E-state index >= 15 is 0 Å². The van der Waals surface area contributed by atoms with E-state index in [0.29, 0.717) is 0 Å². The summed E-state index contributed by atoms with van der Waals surface area (Å²) in [5.41, 5.74) is 1.15. The maximum absolute atomic E-state index is 4.49. The van der Waals surface area contributed by atoms with Gasteiger partial charge in [-0.05, 0) is 13.0 Å². The molecule has 1 unspecified atom stereocenters. The van der Waals surface area contributed by atoms with Crippen LogP contribution in [0.3, 0.4) is 0 Å². The zero-order valence-electron chi connectivity index (χ0n) is 11.2. The molecule has 1 aliphatic rings. The zero-order chi connectivity index (χ0) is 12.8. The minimum absolute atomic E-state index is 0.726. The van der Waals surface area contributed by atoms with Crippen molar-refractivity contribution in [2.24, 2.45) is 0 Å². The van der Waals surface area contributed by atoms with Gasteiger partial charge in [0.1, 0.15) is 0 Å². The summed E-state index contributed by atoms with van der Waals surface area (Å²) in [5.74, 6) is 2.06. The van der Waals surface area contributed by atoms with Crippen LogP contribution in [0, 0.1) is 0 Å². The van der Waals surface area contributed by atoms with Gasteiger partial charge in [0.2, 0.25) is 5.95 Å². The maximum Gasteiger partial charge on any atom is 0.225 e. The van der Waals surface area contributed by atoms with Crippen molar-refractivity contribution in [2.45, 2.75) is 32.1 Å². The predicted octanol–water partition coefficient (Wildman–Crippen LogP) is 1.92. The van der Waals surface area contributed by atoms with Crippen molar-refractivity contribution in [1.29, 1.82) is 0 Å². The molecule has 2 rings (SSSR count). The Labute approximate surface area is 114 Å². The van der Waals surface area contributed by atoms with Gasteiger partial charge in [-0.15, -0.1) is 0 Å². The van der Waals surface area contributed by atoms with Gasteiger partial charge in [0.15, 0.2) is 0 Å². The number of thioether (sulfide) groups is 1. The van der Waals surface area contributed by atoms with Gasteiger partial charge in [0, 0.05) is 48.6 Å². The monoisotopic (exact) mass is 266 g/mol. The summed E-state index contributed by atoms with van der Waals surface area (Å²) in [4.78, 5) is 11.3. The Morgan fingerprint density at radius 2 is 2.17 bits per heavy atom. The summed E-state index contributed by atoms with van der Waals surface area (Å²) in [6.45, 7) is 8.32. The summed E-state index contributed by atoms with van der Waals surface area (Å²) in [7, 11) is 0. The van der Waals surface area contributed by atoms with Crippen LogP contribution in [0.1, 0.15) is 25.8 Å². The molecule has 2 heterocycles. The van der Waals surface area contributed by atoms with Gasteiger partial charge < -0.3 is 10.2 Å². The van der Waals surface area contributed by atoms with Crippen LogP contribution in [-0.4, -0.2) is 40.6 Å². The Balaban J connectivity index is 1.96. The van der Waals surface area contributed by atoms with Gasteiger partial charge >= 0.3 is 0 Å². The zero-order valence-corrected chi connectivity index (χ0v) is 12.0. The van der Waals surface area contributed by atoms with Gasteiger partial charge in [0.25, 0.3) is 0 Å². The van der Waals surface area contributed by atoms with Crippen LogP contribution < -0.4 is 10.2 Å². The van der Waals surface area contributed by atoms with Crippen molar-refractivity contribution >= 4 is 17.7 Å². The molecule has 0 aliphatic carbocycles. The lowest BCUT2D eigenvalue weighted by Gasteiger charge is -2.31. The molecule has 1 aromatic heterocycles. The first kappa shape index (κ1) is 13.6. The number of anilines is 1. The third-order valence-electron chi connectivity index (χ3n) is 3.15. The van der Waals surface area contributed by atoms with Gasteiger partial charge in [0.05, 0.1) is 0 Å². The largest absolute Gasteiger partial charge is 0.339 e. The minimum atomic E-state index is 0.726. The molecular weight excluding hydrogens is 244 g/mol. The van der Waals surface area contributed by atoms with Crippen LogP contribution in [0.2, 0.25) is 0 Å². The van der Waals surface area contributed by atoms with Crippen LogP contribution in [0.5, 0.6) is 0 Å². The number of rotatable bonds is 5. The molecule has 1 fully saturated rings. The van der Waals surface area contributed by atoms with E-state index in [-0.39, 0.29) is 0 Å². The van der Waals surface area contributed by atoms with Gasteiger partial charge in [-0.1, -0.05) is 13.8 Å². The lowest BCUT2D eigenvalue weighted by atomic mass is 10.3. The van der Waals surface area contributed by atoms with E-state index in [1.165, 1.54) is 12.2 Å². The van der Waals surface area contributed by atoms with E-state index in [0.717, 1.165) is 42.9 Å². The molecule has 1 aliphatic heterocycles. The summed E-state index contributed by atoms with van der Waals surface area (Å²) in [6, 6.07) is 0. The van der Waals surface area contributed by atoms with Crippen LogP contribution >= 0.6 is 11.8 Å². The van der Waals surface area contributed by atoms with Gasteiger partial charge in [-0.25, -0.2) is 9.97 Å². The molecule has 1 N–H and O–H groups in total. The van der Waals surface area contributed by atoms with Crippen molar-refractivity contribution in [3.05, 3.63) is 18.0 Å². The van der Waals surface area contributed by atoms with Crippen LogP contribution in [-0.2, 0) is 6.54 Å². The fraction of sp³-hybridized carbons (Fsp3) is 0.692. The molecule has 0 radical (unpaired) electrons. The standard InChI is InChI=1S/C13H22N4S/c1-3-12-10-17(5-6-18-12)13-15-8-11(9-16-13)7-14-4-2/h8-9,12,14H,3-7,10H2,1-2H3. The molecule has 18 heavy (non-hydrogen) atoms. The molecule has 1 atom stereocenters. The van der Waals surface area contributed by atoms with Gasteiger partial charge in [-0.2, -0.15) is 11.8 Å². The van der Waals surface area contributed by atoms with E-state index in [4.69, 9.17) is 0 Å². The molecule has 0 saturated carbocycles. The van der Waals surface area contributed by atoms with Crippen molar-refractivity contribution in [2.75, 3.05) is 30.3 Å². The maximum atomic E-state index is 4.49. The molecule has 0 amide bonds. The number of nitrogens with one attached hydrogen (secondary N) is 1. The first-order chi connectivity index (χ1) is 8.83. The van der Waals surface area contributed by atoms with Crippen molar-refractivity contribution < 1.29 is 0 Å². The first-order valence-electron chi connectivity index (χ1n) is 6.71. The quantitative estimate of drug-likeness (QED) is 0.882. The number of hydrogen-bond acceptors (Lipinski definition) is 5. The highest BCUT2D eigenvalue weighted by Crippen LogP contribution is 2.23. The molecule has 0 aromatic carbocycles. The lowest BCUT2D eigenvalue weighted by Crippen LogP contribution is -2.38. The molecule has 0 bridgehead atoms. The smallest absolute Gasteiger partial charge is 0.225 e. The second-order valence-corrected chi connectivity index (χ2v) is 5.93. The normalized spacial score (nSPS) is 20.1. The fourth-order valence-electron chi connectivity index (χ4n) is 2.02. The third kappa shape index (κ3) is 3.59. The second-order valence-electron chi connectivity index (χ2n) is 4.52. The van der Waals surface area contributed by atoms with Crippen LogP contribution in [0.15, 0.2) is 12.4 Å². The van der Waals surface area contributed by atoms with Crippen molar-refractivity contribution in [3.63, 3.8) is 0 Å². The number of aromatic nitrogens is 2. The Hall–Kier alpha value is -0.810. The Bertz CT molecular complexity index is 355. The van der Waals surface area contributed by atoms with E-state index < -0.39 is 0 Å². The average Bonchev–Trinajstić information content (AvgIpc) is 2.46. The fourth-order valence-corrected chi connectivity index (χ4v) is 3.20.